The van der Waals surface area contributed by atoms with Gasteiger partial charge in [0.15, 0.2) is 10.9 Å². The molecule has 2 N–H and O–H groups in total. The molecule has 1 rings (SSSR count). The van der Waals surface area contributed by atoms with Crippen LogP contribution in [0.4, 0.5) is 0 Å². The maximum absolute atomic E-state index is 4.91. The molecular formula is C7H13N5S. The normalized spacial score (nSPS) is 9.69. The molecule has 1 aromatic heterocycles. The highest BCUT2D eigenvalue weighted by atomic mass is 32.1. The van der Waals surface area contributed by atoms with Crippen LogP contribution in [0.5, 0.6) is 0 Å². The third-order valence-corrected chi connectivity index (χ3v) is 1.86. The number of rotatable bonds is 3. The van der Waals surface area contributed by atoms with Crippen LogP contribution in [-0.2, 0) is 13.5 Å². The van der Waals surface area contributed by atoms with Crippen molar-refractivity contribution >= 4 is 17.3 Å². The van der Waals surface area contributed by atoms with Crippen molar-refractivity contribution in [1.29, 1.82) is 0 Å². The predicted octanol–water partition coefficient (Wildman–Crippen LogP) is -0.548. The van der Waals surface area contributed by atoms with Gasteiger partial charge in [0.05, 0.1) is 0 Å². The molecule has 6 heteroatoms. The Labute approximate surface area is 82.5 Å². The Balaban J connectivity index is 2.24. The van der Waals surface area contributed by atoms with E-state index in [4.69, 9.17) is 12.2 Å². The van der Waals surface area contributed by atoms with Crippen LogP contribution >= 0.6 is 12.2 Å². The topological polar surface area (TPSA) is 54.8 Å². The van der Waals surface area contributed by atoms with Gasteiger partial charge in [0.2, 0.25) is 0 Å². The van der Waals surface area contributed by atoms with Crippen LogP contribution < -0.4 is 10.6 Å². The van der Waals surface area contributed by atoms with E-state index < -0.39 is 0 Å². The van der Waals surface area contributed by atoms with E-state index in [1.807, 2.05) is 7.05 Å². The zero-order valence-corrected chi connectivity index (χ0v) is 8.56. The molecule has 0 aliphatic heterocycles. The van der Waals surface area contributed by atoms with E-state index in [1.165, 1.54) is 0 Å². The van der Waals surface area contributed by atoms with E-state index >= 15 is 0 Å². The number of nitrogens with zero attached hydrogens (tertiary/aromatic N) is 3. The Morgan fingerprint density at radius 3 is 3.00 bits per heavy atom. The quantitative estimate of drug-likeness (QED) is 0.640. The number of hydrogen-bond donors (Lipinski definition) is 2. The molecule has 1 aromatic rings. The number of aryl methyl sites for hydroxylation is 1. The molecule has 1 heterocycles. The van der Waals surface area contributed by atoms with Crippen molar-refractivity contribution in [3.63, 3.8) is 0 Å². The Bertz CT molecular complexity index is 282. The average Bonchev–Trinajstić information content (AvgIpc) is 2.51. The summed E-state index contributed by atoms with van der Waals surface area (Å²) in [7, 11) is 3.64. The summed E-state index contributed by atoms with van der Waals surface area (Å²) in [6.07, 6.45) is 2.47. The third kappa shape index (κ3) is 3.37. The summed E-state index contributed by atoms with van der Waals surface area (Å²) >= 11 is 4.91. The first-order valence-electron chi connectivity index (χ1n) is 4.02. The lowest BCUT2D eigenvalue weighted by Crippen LogP contribution is -2.33. The lowest BCUT2D eigenvalue weighted by Gasteiger charge is -2.04. The van der Waals surface area contributed by atoms with Gasteiger partial charge in [0.25, 0.3) is 0 Å². The molecule has 0 aliphatic carbocycles. The van der Waals surface area contributed by atoms with Crippen LogP contribution in [0.1, 0.15) is 5.82 Å². The van der Waals surface area contributed by atoms with Gasteiger partial charge in [-0.15, -0.1) is 0 Å². The summed E-state index contributed by atoms with van der Waals surface area (Å²) < 4.78 is 1.69. The fourth-order valence-electron chi connectivity index (χ4n) is 0.875. The Hall–Kier alpha value is -1.17. The van der Waals surface area contributed by atoms with Crippen molar-refractivity contribution in [2.24, 2.45) is 7.05 Å². The smallest absolute Gasteiger partial charge is 0.166 e. The summed E-state index contributed by atoms with van der Waals surface area (Å²) in [5, 5.41) is 10.6. The van der Waals surface area contributed by atoms with E-state index in [0.717, 1.165) is 18.8 Å². The Morgan fingerprint density at radius 2 is 2.46 bits per heavy atom. The van der Waals surface area contributed by atoms with Crippen LogP contribution in [-0.4, -0.2) is 33.5 Å². The summed E-state index contributed by atoms with van der Waals surface area (Å²) in [4.78, 5) is 4.09. The maximum Gasteiger partial charge on any atom is 0.166 e. The van der Waals surface area contributed by atoms with Crippen LogP contribution in [0.15, 0.2) is 6.33 Å². The van der Waals surface area contributed by atoms with E-state index in [0.29, 0.717) is 5.11 Å². The van der Waals surface area contributed by atoms with Crippen LogP contribution in [0, 0.1) is 0 Å². The first-order valence-corrected chi connectivity index (χ1v) is 4.43. The third-order valence-electron chi connectivity index (χ3n) is 1.51. The number of nitrogens with one attached hydrogen (secondary N) is 2. The van der Waals surface area contributed by atoms with E-state index in [1.54, 1.807) is 18.1 Å². The highest BCUT2D eigenvalue weighted by molar-refractivity contribution is 7.80. The second-order valence-electron chi connectivity index (χ2n) is 2.59. The molecule has 5 nitrogen and oxygen atoms in total. The molecule has 0 aliphatic rings. The zero-order valence-electron chi connectivity index (χ0n) is 7.74. The van der Waals surface area contributed by atoms with Crippen molar-refractivity contribution in [3.8, 4) is 0 Å². The number of thiocarbonyl (C=S) groups is 1. The van der Waals surface area contributed by atoms with Crippen molar-refractivity contribution in [2.75, 3.05) is 13.6 Å². The fraction of sp³-hybridized carbons (Fsp3) is 0.571. The van der Waals surface area contributed by atoms with Gasteiger partial charge in [-0.25, -0.2) is 4.98 Å². The molecule has 0 spiro atoms. The lowest BCUT2D eigenvalue weighted by molar-refractivity contribution is 0.728. The Morgan fingerprint density at radius 1 is 1.69 bits per heavy atom. The molecule has 0 atom stereocenters. The van der Waals surface area contributed by atoms with Crippen molar-refractivity contribution < 1.29 is 0 Å². The molecule has 13 heavy (non-hydrogen) atoms. The van der Waals surface area contributed by atoms with Gasteiger partial charge in [0.1, 0.15) is 6.33 Å². The first-order chi connectivity index (χ1) is 6.22. The SMILES string of the molecule is CNC(=S)NCCc1ncn(C)n1. The summed E-state index contributed by atoms with van der Waals surface area (Å²) in [5.41, 5.74) is 0. The van der Waals surface area contributed by atoms with Gasteiger partial charge in [-0.05, 0) is 12.2 Å². The maximum atomic E-state index is 4.91. The van der Waals surface area contributed by atoms with Crippen LogP contribution in [0.25, 0.3) is 0 Å². The molecule has 0 saturated carbocycles. The van der Waals surface area contributed by atoms with Crippen LogP contribution in [0.3, 0.4) is 0 Å². The second kappa shape index (κ2) is 4.76. The van der Waals surface area contributed by atoms with Crippen molar-refractivity contribution in [3.05, 3.63) is 12.2 Å². The van der Waals surface area contributed by atoms with E-state index in [2.05, 4.69) is 20.7 Å². The van der Waals surface area contributed by atoms with Gasteiger partial charge in [-0.3, -0.25) is 4.68 Å². The fourth-order valence-corrected chi connectivity index (χ4v) is 0.977. The standard InChI is InChI=1S/C7H13N5S/c1-8-7(13)9-4-3-6-10-5-12(2)11-6/h5H,3-4H2,1-2H3,(H2,8,9,13). The highest BCUT2D eigenvalue weighted by Crippen LogP contribution is 1.87. The molecule has 0 bridgehead atoms. The van der Waals surface area contributed by atoms with Crippen molar-refractivity contribution in [2.45, 2.75) is 6.42 Å². The summed E-state index contributed by atoms with van der Waals surface area (Å²) in [5.74, 6) is 0.828. The average molecular weight is 199 g/mol. The number of hydrogen-bond acceptors (Lipinski definition) is 3. The van der Waals surface area contributed by atoms with Gasteiger partial charge in [-0.1, -0.05) is 0 Å². The monoisotopic (exact) mass is 199 g/mol. The molecule has 0 amide bonds. The predicted molar refractivity (Wildman–Crippen MR) is 54.4 cm³/mol. The minimum atomic E-state index is 0.649. The Kier molecular flexibility index (Phi) is 3.63. The van der Waals surface area contributed by atoms with E-state index in [9.17, 15) is 0 Å². The summed E-state index contributed by atoms with van der Waals surface area (Å²) in [6.45, 7) is 0.754. The number of aromatic nitrogens is 3. The molecule has 72 valence electrons. The molecule has 0 saturated heterocycles. The van der Waals surface area contributed by atoms with Crippen molar-refractivity contribution in [1.82, 2.24) is 25.4 Å². The largest absolute Gasteiger partial charge is 0.366 e. The highest BCUT2D eigenvalue weighted by Gasteiger charge is 1.98. The molecule has 0 radical (unpaired) electrons. The molecular weight excluding hydrogens is 186 g/mol. The molecule has 0 unspecified atom stereocenters. The minimum Gasteiger partial charge on any atom is -0.366 e. The van der Waals surface area contributed by atoms with Gasteiger partial charge >= 0.3 is 0 Å². The van der Waals surface area contributed by atoms with Crippen LogP contribution in [0.2, 0.25) is 0 Å². The van der Waals surface area contributed by atoms with Gasteiger partial charge < -0.3 is 10.6 Å². The molecule has 0 fully saturated rings. The zero-order chi connectivity index (χ0) is 9.68. The van der Waals surface area contributed by atoms with Gasteiger partial charge in [-0.2, -0.15) is 5.10 Å². The summed E-state index contributed by atoms with van der Waals surface area (Å²) in [6, 6.07) is 0. The first kappa shape index (κ1) is 9.91. The second-order valence-corrected chi connectivity index (χ2v) is 3.00. The lowest BCUT2D eigenvalue weighted by atomic mass is 10.4. The molecule has 0 aromatic carbocycles. The minimum absolute atomic E-state index is 0.649. The van der Waals surface area contributed by atoms with Gasteiger partial charge in [0, 0.05) is 27.1 Å². The van der Waals surface area contributed by atoms with E-state index in [-0.39, 0.29) is 0 Å².